The fraction of sp³-hybridized carbons (Fsp3) is 0.667. The lowest BCUT2D eigenvalue weighted by molar-refractivity contribution is 0.142. The molecule has 2 rings (SSSR count). The molecule has 1 aliphatic rings. The van der Waals surface area contributed by atoms with Gasteiger partial charge in [0.15, 0.2) is 11.5 Å². The van der Waals surface area contributed by atoms with E-state index in [0.717, 1.165) is 36.8 Å². The number of pyridine rings is 1. The number of nitrogens with zero attached hydrogens (tertiary/aromatic N) is 2. The number of aromatic nitrogens is 1. The van der Waals surface area contributed by atoms with Crippen molar-refractivity contribution in [3.63, 3.8) is 0 Å². The molecule has 1 fully saturated rings. The lowest BCUT2D eigenvalue weighted by atomic mass is 9.94. The van der Waals surface area contributed by atoms with Crippen molar-refractivity contribution < 1.29 is 9.47 Å². The molecule has 1 saturated heterocycles. The van der Waals surface area contributed by atoms with Gasteiger partial charge in [0.1, 0.15) is 5.69 Å². The second kappa shape index (κ2) is 6.90. The van der Waals surface area contributed by atoms with Crippen molar-refractivity contribution in [3.8, 4) is 11.5 Å². The van der Waals surface area contributed by atoms with E-state index in [1.54, 1.807) is 20.4 Å². The van der Waals surface area contributed by atoms with Crippen molar-refractivity contribution in [2.75, 3.05) is 34.4 Å². The van der Waals surface area contributed by atoms with Crippen molar-refractivity contribution in [1.82, 2.24) is 15.2 Å². The van der Waals surface area contributed by atoms with E-state index in [1.165, 1.54) is 6.42 Å². The van der Waals surface area contributed by atoms with E-state index >= 15 is 0 Å². The van der Waals surface area contributed by atoms with Crippen molar-refractivity contribution in [3.05, 3.63) is 18.0 Å². The highest BCUT2D eigenvalue weighted by Crippen LogP contribution is 2.30. The van der Waals surface area contributed by atoms with Crippen LogP contribution in [0.25, 0.3) is 0 Å². The van der Waals surface area contributed by atoms with Crippen LogP contribution in [0.3, 0.4) is 0 Å². The van der Waals surface area contributed by atoms with Crippen LogP contribution in [0.15, 0.2) is 12.3 Å². The average Bonchev–Trinajstić information content (AvgIpc) is 2.47. The maximum absolute atomic E-state index is 5.45. The zero-order chi connectivity index (χ0) is 14.5. The molecule has 5 nitrogen and oxygen atoms in total. The quantitative estimate of drug-likeness (QED) is 0.885. The first-order valence-electron chi connectivity index (χ1n) is 7.15. The van der Waals surface area contributed by atoms with E-state index in [4.69, 9.17) is 9.47 Å². The van der Waals surface area contributed by atoms with Gasteiger partial charge in [-0.25, -0.2) is 0 Å². The largest absolute Gasteiger partial charge is 0.493 e. The number of piperidine rings is 1. The minimum atomic E-state index is 0.617. The third-order valence-corrected chi connectivity index (χ3v) is 4.10. The summed E-state index contributed by atoms with van der Waals surface area (Å²) >= 11 is 0. The van der Waals surface area contributed by atoms with Gasteiger partial charge in [0.05, 0.1) is 14.2 Å². The summed E-state index contributed by atoms with van der Waals surface area (Å²) in [7, 11) is 5.37. The zero-order valence-corrected chi connectivity index (χ0v) is 12.8. The summed E-state index contributed by atoms with van der Waals surface area (Å²) in [5, 5.41) is 3.39. The average molecular weight is 279 g/mol. The molecule has 2 unspecified atom stereocenters. The first-order chi connectivity index (χ1) is 9.69. The summed E-state index contributed by atoms with van der Waals surface area (Å²) in [5.74, 6) is 2.14. The molecule has 2 atom stereocenters. The van der Waals surface area contributed by atoms with Crippen molar-refractivity contribution >= 4 is 0 Å². The van der Waals surface area contributed by atoms with E-state index in [9.17, 15) is 0 Å². The van der Waals surface area contributed by atoms with Crippen molar-refractivity contribution in [2.45, 2.75) is 25.9 Å². The fourth-order valence-corrected chi connectivity index (χ4v) is 2.98. The lowest BCUT2D eigenvalue weighted by Gasteiger charge is -2.36. The molecular formula is C15H25N3O2. The Bertz CT molecular complexity index is 439. The molecule has 1 aliphatic heterocycles. The van der Waals surface area contributed by atoms with E-state index in [0.29, 0.717) is 12.0 Å². The Labute approximate surface area is 121 Å². The number of rotatable bonds is 5. The maximum atomic E-state index is 5.45. The second-order valence-electron chi connectivity index (χ2n) is 5.39. The van der Waals surface area contributed by atoms with Gasteiger partial charge >= 0.3 is 0 Å². The predicted octanol–water partition coefficient (Wildman–Crippen LogP) is 1.53. The van der Waals surface area contributed by atoms with Crippen LogP contribution in [-0.2, 0) is 6.54 Å². The summed E-state index contributed by atoms with van der Waals surface area (Å²) in [6.07, 6.45) is 2.95. The molecule has 20 heavy (non-hydrogen) atoms. The Morgan fingerprint density at radius 1 is 1.40 bits per heavy atom. The highest BCUT2D eigenvalue weighted by Gasteiger charge is 2.26. The summed E-state index contributed by atoms with van der Waals surface area (Å²) in [6, 6.07) is 2.45. The number of methoxy groups -OCH3 is 2. The Hall–Kier alpha value is -1.33. The first kappa shape index (κ1) is 15.1. The van der Waals surface area contributed by atoms with Crippen molar-refractivity contribution in [1.29, 1.82) is 0 Å². The zero-order valence-electron chi connectivity index (χ0n) is 12.8. The predicted molar refractivity (Wildman–Crippen MR) is 79.2 cm³/mol. The van der Waals surface area contributed by atoms with Gasteiger partial charge in [0.25, 0.3) is 0 Å². The van der Waals surface area contributed by atoms with Gasteiger partial charge in [-0.3, -0.25) is 9.88 Å². The van der Waals surface area contributed by atoms with Gasteiger partial charge in [-0.2, -0.15) is 0 Å². The number of hydrogen-bond acceptors (Lipinski definition) is 5. The van der Waals surface area contributed by atoms with Crippen LogP contribution in [0.4, 0.5) is 0 Å². The smallest absolute Gasteiger partial charge is 0.183 e. The number of ether oxygens (including phenoxy) is 2. The van der Waals surface area contributed by atoms with Crippen LogP contribution in [0.2, 0.25) is 0 Å². The Morgan fingerprint density at radius 3 is 2.80 bits per heavy atom. The second-order valence-corrected chi connectivity index (χ2v) is 5.39. The molecule has 2 heterocycles. The molecule has 0 aliphatic carbocycles. The number of hydrogen-bond donors (Lipinski definition) is 1. The highest BCUT2D eigenvalue weighted by molar-refractivity contribution is 5.42. The lowest BCUT2D eigenvalue weighted by Crippen LogP contribution is -2.46. The SMILES string of the molecule is CNC1CCN(Cc2nccc(OC)c2OC)CC1C. The Morgan fingerprint density at radius 2 is 2.20 bits per heavy atom. The van der Waals surface area contributed by atoms with E-state index in [1.807, 2.05) is 13.1 Å². The minimum absolute atomic E-state index is 0.617. The van der Waals surface area contributed by atoms with Crippen LogP contribution in [0.5, 0.6) is 11.5 Å². The van der Waals surface area contributed by atoms with Crippen LogP contribution in [-0.4, -0.2) is 50.3 Å². The van der Waals surface area contributed by atoms with Gasteiger partial charge < -0.3 is 14.8 Å². The standard InChI is InChI=1S/C15H25N3O2/c1-11-9-18(8-6-12(11)16-2)10-13-15(20-4)14(19-3)5-7-17-13/h5,7,11-12,16H,6,8-10H2,1-4H3. The van der Waals surface area contributed by atoms with Crippen LogP contribution < -0.4 is 14.8 Å². The maximum Gasteiger partial charge on any atom is 0.183 e. The number of nitrogens with one attached hydrogen (secondary N) is 1. The topological polar surface area (TPSA) is 46.6 Å². The third kappa shape index (κ3) is 3.22. The fourth-order valence-electron chi connectivity index (χ4n) is 2.98. The molecule has 0 aromatic carbocycles. The molecule has 1 aromatic heterocycles. The Balaban J connectivity index is 2.07. The van der Waals surface area contributed by atoms with Crippen LogP contribution in [0, 0.1) is 5.92 Å². The monoisotopic (exact) mass is 279 g/mol. The molecule has 5 heteroatoms. The third-order valence-electron chi connectivity index (χ3n) is 4.10. The molecule has 0 radical (unpaired) electrons. The molecule has 0 amide bonds. The Kier molecular flexibility index (Phi) is 5.20. The number of likely N-dealkylation sites (tertiary alicyclic amines) is 1. The molecule has 112 valence electrons. The van der Waals surface area contributed by atoms with Gasteiger partial charge in [-0.05, 0) is 19.4 Å². The van der Waals surface area contributed by atoms with Crippen molar-refractivity contribution in [2.24, 2.45) is 5.92 Å². The van der Waals surface area contributed by atoms with Crippen LogP contribution in [0.1, 0.15) is 19.0 Å². The summed E-state index contributed by atoms with van der Waals surface area (Å²) in [4.78, 5) is 6.89. The van der Waals surface area contributed by atoms with Gasteiger partial charge in [0, 0.05) is 37.9 Å². The summed E-state index contributed by atoms with van der Waals surface area (Å²) in [5.41, 5.74) is 0.946. The summed E-state index contributed by atoms with van der Waals surface area (Å²) in [6.45, 7) is 5.26. The molecule has 0 saturated carbocycles. The van der Waals surface area contributed by atoms with E-state index in [-0.39, 0.29) is 0 Å². The summed E-state index contributed by atoms with van der Waals surface area (Å²) < 4.78 is 10.8. The van der Waals surface area contributed by atoms with E-state index < -0.39 is 0 Å². The van der Waals surface area contributed by atoms with E-state index in [2.05, 4.69) is 22.1 Å². The molecule has 1 N–H and O–H groups in total. The highest BCUT2D eigenvalue weighted by atomic mass is 16.5. The molecule has 0 bridgehead atoms. The first-order valence-corrected chi connectivity index (χ1v) is 7.15. The molecule has 0 spiro atoms. The normalized spacial score (nSPS) is 23.6. The minimum Gasteiger partial charge on any atom is -0.493 e. The van der Waals surface area contributed by atoms with Gasteiger partial charge in [-0.1, -0.05) is 6.92 Å². The molecule has 1 aromatic rings. The van der Waals surface area contributed by atoms with Crippen LogP contribution >= 0.6 is 0 Å². The van der Waals surface area contributed by atoms with Gasteiger partial charge in [-0.15, -0.1) is 0 Å². The van der Waals surface area contributed by atoms with Gasteiger partial charge in [0.2, 0.25) is 0 Å². The molecular weight excluding hydrogens is 254 g/mol.